The van der Waals surface area contributed by atoms with Crippen molar-refractivity contribution in [3.8, 4) is 5.75 Å². The summed E-state index contributed by atoms with van der Waals surface area (Å²) in [6.45, 7) is 8.69. The first-order chi connectivity index (χ1) is 11.5. The second-order valence-corrected chi connectivity index (χ2v) is 6.48. The minimum atomic E-state index is -0.514. The van der Waals surface area contributed by atoms with E-state index < -0.39 is 6.10 Å². The Bertz CT molecular complexity index is 665. The van der Waals surface area contributed by atoms with Crippen LogP contribution in [-0.4, -0.2) is 18.6 Å². The van der Waals surface area contributed by atoms with Gasteiger partial charge in [0.05, 0.1) is 0 Å². The van der Waals surface area contributed by atoms with Crippen LogP contribution in [-0.2, 0) is 11.2 Å². The van der Waals surface area contributed by atoms with Crippen molar-refractivity contribution in [2.24, 2.45) is 0 Å². The molecule has 0 heterocycles. The zero-order valence-electron chi connectivity index (χ0n) is 15.0. The smallest absolute Gasteiger partial charge is 0.260 e. The Balaban J connectivity index is 1.91. The molecular weight excluding hydrogens is 298 g/mol. The molecule has 1 N–H and O–H groups in total. The van der Waals surface area contributed by atoms with Crippen LogP contribution in [0, 0.1) is 6.92 Å². The van der Waals surface area contributed by atoms with Crippen LogP contribution in [0.3, 0.4) is 0 Å². The molecule has 128 valence electrons. The molecule has 0 spiro atoms. The number of carbonyl (C=O) groups is 1. The molecule has 2 aromatic carbocycles. The van der Waals surface area contributed by atoms with E-state index in [0.717, 1.165) is 23.3 Å². The molecule has 2 rings (SSSR count). The minimum Gasteiger partial charge on any atom is -0.481 e. The monoisotopic (exact) mass is 325 g/mol. The number of benzene rings is 2. The summed E-state index contributed by atoms with van der Waals surface area (Å²) in [7, 11) is 0. The third kappa shape index (κ3) is 5.12. The lowest BCUT2D eigenvalue weighted by Crippen LogP contribution is -2.37. The largest absolute Gasteiger partial charge is 0.481 e. The molecule has 24 heavy (non-hydrogen) atoms. The van der Waals surface area contributed by atoms with Crippen molar-refractivity contribution >= 4 is 5.91 Å². The van der Waals surface area contributed by atoms with Gasteiger partial charge in [0.1, 0.15) is 5.75 Å². The molecule has 0 saturated heterocycles. The zero-order valence-corrected chi connectivity index (χ0v) is 15.0. The van der Waals surface area contributed by atoms with E-state index >= 15 is 0 Å². The maximum atomic E-state index is 12.3. The van der Waals surface area contributed by atoms with E-state index in [2.05, 4.69) is 43.4 Å². The van der Waals surface area contributed by atoms with Crippen LogP contribution in [0.4, 0.5) is 0 Å². The van der Waals surface area contributed by atoms with Gasteiger partial charge in [-0.1, -0.05) is 56.3 Å². The number of ether oxygens (including phenoxy) is 1. The highest BCUT2D eigenvalue weighted by atomic mass is 16.5. The number of rotatable bonds is 7. The van der Waals surface area contributed by atoms with Gasteiger partial charge >= 0.3 is 0 Å². The molecule has 0 aromatic heterocycles. The maximum Gasteiger partial charge on any atom is 0.260 e. The average Bonchev–Trinajstić information content (AvgIpc) is 2.55. The molecule has 0 saturated carbocycles. The van der Waals surface area contributed by atoms with Gasteiger partial charge in [0.15, 0.2) is 6.10 Å². The molecular formula is C21H27NO2. The van der Waals surface area contributed by atoms with E-state index in [0.29, 0.717) is 12.5 Å². The van der Waals surface area contributed by atoms with E-state index in [9.17, 15) is 4.79 Å². The van der Waals surface area contributed by atoms with E-state index in [4.69, 9.17) is 4.74 Å². The van der Waals surface area contributed by atoms with Crippen molar-refractivity contribution in [3.63, 3.8) is 0 Å². The Hall–Kier alpha value is -2.29. The van der Waals surface area contributed by atoms with Gasteiger partial charge in [0.2, 0.25) is 0 Å². The first kappa shape index (κ1) is 18.1. The summed E-state index contributed by atoms with van der Waals surface area (Å²) in [5.41, 5.74) is 3.47. The molecule has 0 aliphatic carbocycles. The number of hydrogen-bond acceptors (Lipinski definition) is 2. The van der Waals surface area contributed by atoms with Gasteiger partial charge in [-0.05, 0) is 48.9 Å². The van der Waals surface area contributed by atoms with Crippen LogP contribution in [0.15, 0.2) is 48.5 Å². The molecule has 2 aromatic rings. The molecule has 1 amide bonds. The van der Waals surface area contributed by atoms with Crippen LogP contribution >= 0.6 is 0 Å². The zero-order chi connectivity index (χ0) is 17.5. The lowest BCUT2D eigenvalue weighted by molar-refractivity contribution is -0.127. The average molecular weight is 325 g/mol. The predicted molar refractivity (Wildman–Crippen MR) is 98.5 cm³/mol. The quantitative estimate of drug-likeness (QED) is 0.826. The summed E-state index contributed by atoms with van der Waals surface area (Å²) in [6.07, 6.45) is 0.307. The first-order valence-electron chi connectivity index (χ1n) is 8.56. The number of nitrogens with one attached hydrogen (secondary N) is 1. The fraction of sp³-hybridized carbons (Fsp3) is 0.381. The molecule has 0 fully saturated rings. The summed E-state index contributed by atoms with van der Waals surface area (Å²) < 4.78 is 5.94. The lowest BCUT2D eigenvalue weighted by atomic mass is 10.0. The van der Waals surface area contributed by atoms with Gasteiger partial charge in [0.25, 0.3) is 5.91 Å². The molecule has 0 aliphatic heterocycles. The molecule has 1 atom stereocenters. The van der Waals surface area contributed by atoms with Crippen LogP contribution < -0.4 is 10.1 Å². The van der Waals surface area contributed by atoms with Crippen LogP contribution in [0.2, 0.25) is 0 Å². The Kier molecular flexibility index (Phi) is 6.42. The number of amides is 1. The molecule has 0 unspecified atom stereocenters. The summed E-state index contributed by atoms with van der Waals surface area (Å²) in [6, 6.07) is 16.3. The van der Waals surface area contributed by atoms with Gasteiger partial charge < -0.3 is 10.1 Å². The Morgan fingerprint density at radius 1 is 1.08 bits per heavy atom. The molecule has 3 heteroatoms. The molecule has 0 aliphatic rings. The Morgan fingerprint density at radius 3 is 2.46 bits per heavy atom. The fourth-order valence-corrected chi connectivity index (χ4v) is 2.58. The van der Waals surface area contributed by atoms with E-state index in [1.165, 1.54) is 5.56 Å². The van der Waals surface area contributed by atoms with Crippen molar-refractivity contribution in [1.82, 2.24) is 5.32 Å². The minimum absolute atomic E-state index is 0.0813. The van der Waals surface area contributed by atoms with Gasteiger partial charge in [-0.2, -0.15) is 0 Å². The second-order valence-electron chi connectivity index (χ2n) is 6.48. The third-order valence-electron chi connectivity index (χ3n) is 4.02. The first-order valence-corrected chi connectivity index (χ1v) is 8.56. The van der Waals surface area contributed by atoms with E-state index in [-0.39, 0.29) is 5.91 Å². The molecule has 0 radical (unpaired) electrons. The van der Waals surface area contributed by atoms with E-state index in [1.807, 2.05) is 31.2 Å². The highest BCUT2D eigenvalue weighted by Gasteiger charge is 2.17. The van der Waals surface area contributed by atoms with Crippen molar-refractivity contribution in [2.45, 2.75) is 46.1 Å². The third-order valence-corrected chi connectivity index (χ3v) is 4.02. The summed E-state index contributed by atoms with van der Waals surface area (Å²) >= 11 is 0. The van der Waals surface area contributed by atoms with Gasteiger partial charge in [-0.15, -0.1) is 0 Å². The normalized spacial score (nSPS) is 12.0. The van der Waals surface area contributed by atoms with Gasteiger partial charge in [-0.25, -0.2) is 0 Å². The molecule has 3 nitrogen and oxygen atoms in total. The number of carbonyl (C=O) groups excluding carboxylic acids is 1. The summed E-state index contributed by atoms with van der Waals surface area (Å²) in [5.74, 6) is 1.08. The number of hydrogen-bond donors (Lipinski definition) is 1. The Labute approximate surface area is 145 Å². The van der Waals surface area contributed by atoms with Crippen molar-refractivity contribution < 1.29 is 9.53 Å². The van der Waals surface area contributed by atoms with Crippen molar-refractivity contribution in [1.29, 1.82) is 0 Å². The highest BCUT2D eigenvalue weighted by molar-refractivity contribution is 5.80. The van der Waals surface area contributed by atoms with Crippen molar-refractivity contribution in [3.05, 3.63) is 65.2 Å². The number of aryl methyl sites for hydroxylation is 1. The van der Waals surface area contributed by atoms with Gasteiger partial charge in [0, 0.05) is 6.54 Å². The van der Waals surface area contributed by atoms with Crippen LogP contribution in [0.5, 0.6) is 5.75 Å². The van der Waals surface area contributed by atoms with Crippen LogP contribution in [0.25, 0.3) is 0 Å². The lowest BCUT2D eigenvalue weighted by Gasteiger charge is -2.19. The summed E-state index contributed by atoms with van der Waals surface area (Å²) in [5, 5.41) is 2.95. The SMILES string of the molecule is Cc1ccc(C(C)C)c(O[C@@H](C)C(=O)NCCc2ccccc2)c1. The summed E-state index contributed by atoms with van der Waals surface area (Å²) in [4.78, 5) is 12.3. The topological polar surface area (TPSA) is 38.3 Å². The standard InChI is InChI=1S/C21H27NO2/c1-15(2)19-11-10-16(3)14-20(19)24-17(4)21(23)22-13-12-18-8-6-5-7-9-18/h5-11,14-15,17H,12-13H2,1-4H3,(H,22,23)/t17-/m0/s1. The maximum absolute atomic E-state index is 12.3. The predicted octanol–water partition coefficient (Wildman–Crippen LogP) is 4.24. The Morgan fingerprint density at radius 2 is 1.79 bits per heavy atom. The van der Waals surface area contributed by atoms with Crippen LogP contribution in [0.1, 0.15) is 43.4 Å². The van der Waals surface area contributed by atoms with E-state index in [1.54, 1.807) is 6.92 Å². The van der Waals surface area contributed by atoms with Gasteiger partial charge in [-0.3, -0.25) is 4.79 Å². The fourth-order valence-electron chi connectivity index (χ4n) is 2.58. The second kappa shape index (κ2) is 8.53. The van der Waals surface area contributed by atoms with Crippen molar-refractivity contribution in [2.75, 3.05) is 6.54 Å². The highest BCUT2D eigenvalue weighted by Crippen LogP contribution is 2.28. The molecule has 0 bridgehead atoms.